The Balaban J connectivity index is 1.74. The first kappa shape index (κ1) is 9.43. The summed E-state index contributed by atoms with van der Waals surface area (Å²) in [6.45, 7) is 0. The van der Waals surface area contributed by atoms with Crippen LogP contribution in [0.15, 0.2) is 23.0 Å². The van der Waals surface area contributed by atoms with Crippen molar-refractivity contribution in [3.05, 3.63) is 24.2 Å². The average Bonchev–Trinajstić information content (AvgIpc) is 2.76. The predicted molar refractivity (Wildman–Crippen MR) is 56.5 cm³/mol. The Hall–Kier alpha value is -0.800. The van der Waals surface area contributed by atoms with Crippen molar-refractivity contribution in [2.45, 2.75) is 49.8 Å². The molecule has 15 heavy (non-hydrogen) atoms. The lowest BCUT2D eigenvalue weighted by Crippen LogP contribution is -2.49. The fourth-order valence-corrected chi connectivity index (χ4v) is 3.14. The zero-order chi connectivity index (χ0) is 10.3. The van der Waals surface area contributed by atoms with Gasteiger partial charge < -0.3 is 14.8 Å². The van der Waals surface area contributed by atoms with Crippen molar-refractivity contribution in [2.24, 2.45) is 0 Å². The first-order chi connectivity index (χ1) is 7.23. The molecule has 2 saturated heterocycles. The van der Waals surface area contributed by atoms with Crippen LogP contribution in [-0.2, 0) is 6.42 Å². The largest absolute Gasteiger partial charge is 0.472 e. The van der Waals surface area contributed by atoms with E-state index in [0.717, 1.165) is 24.8 Å². The SMILES string of the molecule is OC1(Cc2ccoc2)CC2CCC(C1)N2. The monoisotopic (exact) mass is 207 g/mol. The molecule has 3 nitrogen and oxygen atoms in total. The van der Waals surface area contributed by atoms with Gasteiger partial charge in [-0.25, -0.2) is 0 Å². The van der Waals surface area contributed by atoms with Gasteiger partial charge in [0.2, 0.25) is 0 Å². The van der Waals surface area contributed by atoms with E-state index < -0.39 is 5.60 Å². The molecule has 3 heteroatoms. The first-order valence-corrected chi connectivity index (χ1v) is 5.73. The van der Waals surface area contributed by atoms with Gasteiger partial charge in [-0.05, 0) is 37.3 Å². The second-order valence-electron chi connectivity index (χ2n) is 5.08. The Kier molecular flexibility index (Phi) is 2.11. The second kappa shape index (κ2) is 3.35. The van der Waals surface area contributed by atoms with Crippen LogP contribution in [0, 0.1) is 0 Å². The molecule has 2 aliphatic heterocycles. The summed E-state index contributed by atoms with van der Waals surface area (Å²) in [7, 11) is 0. The standard InChI is InChI=1S/C12H17NO2/c14-12(5-9-3-4-15-8-9)6-10-1-2-11(7-12)13-10/h3-4,8,10-11,13-14H,1-2,5-7H2. The molecule has 1 aromatic rings. The van der Waals surface area contributed by atoms with Crippen LogP contribution in [0.5, 0.6) is 0 Å². The lowest BCUT2D eigenvalue weighted by Gasteiger charge is -2.37. The van der Waals surface area contributed by atoms with E-state index in [2.05, 4.69) is 5.32 Å². The van der Waals surface area contributed by atoms with Crippen LogP contribution in [0.25, 0.3) is 0 Å². The van der Waals surface area contributed by atoms with Gasteiger partial charge in [-0.1, -0.05) is 0 Å². The predicted octanol–water partition coefficient (Wildman–Crippen LogP) is 1.47. The fourth-order valence-electron chi connectivity index (χ4n) is 3.14. The third-order valence-corrected chi connectivity index (χ3v) is 3.70. The molecule has 2 atom stereocenters. The molecular formula is C12H17NO2. The molecule has 3 heterocycles. The molecular weight excluding hydrogens is 190 g/mol. The van der Waals surface area contributed by atoms with Gasteiger partial charge in [0, 0.05) is 18.5 Å². The normalized spacial score (nSPS) is 39.5. The summed E-state index contributed by atoms with van der Waals surface area (Å²) in [6, 6.07) is 3.00. The Morgan fingerprint density at radius 2 is 2.13 bits per heavy atom. The van der Waals surface area contributed by atoms with Crippen LogP contribution in [0.1, 0.15) is 31.2 Å². The number of nitrogens with one attached hydrogen (secondary N) is 1. The maximum absolute atomic E-state index is 10.5. The Labute approximate surface area is 89.5 Å². The average molecular weight is 207 g/mol. The van der Waals surface area contributed by atoms with Gasteiger partial charge in [0.25, 0.3) is 0 Å². The van der Waals surface area contributed by atoms with E-state index in [1.54, 1.807) is 12.5 Å². The van der Waals surface area contributed by atoms with Crippen molar-refractivity contribution < 1.29 is 9.52 Å². The van der Waals surface area contributed by atoms with Crippen LogP contribution in [0.3, 0.4) is 0 Å². The van der Waals surface area contributed by atoms with E-state index in [1.807, 2.05) is 6.07 Å². The summed E-state index contributed by atoms with van der Waals surface area (Å²) in [4.78, 5) is 0. The van der Waals surface area contributed by atoms with Crippen molar-refractivity contribution in [3.8, 4) is 0 Å². The first-order valence-electron chi connectivity index (χ1n) is 5.73. The van der Waals surface area contributed by atoms with Gasteiger partial charge in [-0.2, -0.15) is 0 Å². The molecule has 2 fully saturated rings. The molecule has 82 valence electrons. The number of hydrogen-bond acceptors (Lipinski definition) is 3. The Morgan fingerprint density at radius 3 is 2.73 bits per heavy atom. The van der Waals surface area contributed by atoms with E-state index >= 15 is 0 Å². The van der Waals surface area contributed by atoms with Gasteiger partial charge in [-0.3, -0.25) is 0 Å². The summed E-state index contributed by atoms with van der Waals surface area (Å²) in [6.07, 6.45) is 8.36. The highest BCUT2D eigenvalue weighted by atomic mass is 16.3. The molecule has 0 saturated carbocycles. The summed E-state index contributed by atoms with van der Waals surface area (Å²) in [5.41, 5.74) is 0.597. The summed E-state index contributed by atoms with van der Waals surface area (Å²) < 4.78 is 5.04. The molecule has 0 aromatic carbocycles. The van der Waals surface area contributed by atoms with Crippen LogP contribution >= 0.6 is 0 Å². The van der Waals surface area contributed by atoms with Crippen molar-refractivity contribution in [1.82, 2.24) is 5.32 Å². The molecule has 2 N–H and O–H groups in total. The molecule has 0 aliphatic carbocycles. The van der Waals surface area contributed by atoms with Gasteiger partial charge in [0.15, 0.2) is 0 Å². The zero-order valence-corrected chi connectivity index (χ0v) is 8.78. The highest BCUT2D eigenvalue weighted by Gasteiger charge is 2.42. The molecule has 2 bridgehead atoms. The van der Waals surface area contributed by atoms with Crippen molar-refractivity contribution in [1.29, 1.82) is 0 Å². The quantitative estimate of drug-likeness (QED) is 0.772. The van der Waals surface area contributed by atoms with Crippen molar-refractivity contribution in [3.63, 3.8) is 0 Å². The van der Waals surface area contributed by atoms with E-state index in [4.69, 9.17) is 4.42 Å². The minimum atomic E-state index is -0.513. The minimum absolute atomic E-state index is 0.513. The third-order valence-electron chi connectivity index (χ3n) is 3.70. The zero-order valence-electron chi connectivity index (χ0n) is 8.78. The van der Waals surface area contributed by atoms with E-state index in [-0.39, 0.29) is 0 Å². The smallest absolute Gasteiger partial charge is 0.0935 e. The molecule has 0 spiro atoms. The highest BCUT2D eigenvalue weighted by Crippen LogP contribution is 2.35. The number of hydrogen-bond donors (Lipinski definition) is 2. The van der Waals surface area contributed by atoms with E-state index in [9.17, 15) is 5.11 Å². The van der Waals surface area contributed by atoms with E-state index in [0.29, 0.717) is 12.1 Å². The second-order valence-corrected chi connectivity index (χ2v) is 5.08. The third kappa shape index (κ3) is 1.82. The molecule has 2 unspecified atom stereocenters. The van der Waals surface area contributed by atoms with Crippen LogP contribution < -0.4 is 5.32 Å². The molecule has 1 aromatic heterocycles. The Morgan fingerprint density at radius 1 is 1.40 bits per heavy atom. The lowest BCUT2D eigenvalue weighted by atomic mass is 9.83. The molecule has 0 radical (unpaired) electrons. The highest BCUT2D eigenvalue weighted by molar-refractivity contribution is 5.12. The number of furan rings is 1. The van der Waals surface area contributed by atoms with Crippen molar-refractivity contribution >= 4 is 0 Å². The number of rotatable bonds is 2. The van der Waals surface area contributed by atoms with Gasteiger partial charge >= 0.3 is 0 Å². The lowest BCUT2D eigenvalue weighted by molar-refractivity contribution is -0.00619. The molecule has 0 amide bonds. The molecule has 2 aliphatic rings. The summed E-state index contributed by atoms with van der Waals surface area (Å²) in [5.74, 6) is 0. The number of fused-ring (bicyclic) bond motifs is 2. The number of piperidine rings is 1. The summed E-state index contributed by atoms with van der Waals surface area (Å²) >= 11 is 0. The minimum Gasteiger partial charge on any atom is -0.472 e. The number of aliphatic hydroxyl groups is 1. The topological polar surface area (TPSA) is 45.4 Å². The van der Waals surface area contributed by atoms with Gasteiger partial charge in [0.1, 0.15) is 0 Å². The maximum atomic E-state index is 10.5. The molecule has 3 rings (SSSR count). The Bertz CT molecular complexity index is 321. The van der Waals surface area contributed by atoms with Crippen LogP contribution in [0.4, 0.5) is 0 Å². The van der Waals surface area contributed by atoms with Crippen LogP contribution in [0.2, 0.25) is 0 Å². The van der Waals surface area contributed by atoms with Gasteiger partial charge in [-0.15, -0.1) is 0 Å². The van der Waals surface area contributed by atoms with Crippen molar-refractivity contribution in [2.75, 3.05) is 0 Å². The van der Waals surface area contributed by atoms with Gasteiger partial charge in [0.05, 0.1) is 18.1 Å². The van der Waals surface area contributed by atoms with E-state index in [1.165, 1.54) is 12.8 Å². The van der Waals surface area contributed by atoms with Crippen LogP contribution in [-0.4, -0.2) is 22.8 Å². The fraction of sp³-hybridized carbons (Fsp3) is 0.667. The summed E-state index contributed by atoms with van der Waals surface area (Å²) in [5, 5.41) is 14.1. The maximum Gasteiger partial charge on any atom is 0.0935 e.